The van der Waals surface area contributed by atoms with E-state index in [4.69, 9.17) is 9.47 Å². The number of ether oxygens (including phenoxy) is 2. The minimum atomic E-state index is -1.36. The highest BCUT2D eigenvalue weighted by Gasteiger charge is 2.42. The van der Waals surface area contributed by atoms with Crippen molar-refractivity contribution < 1.29 is 18.7 Å². The SMILES string of the molecule is C=CCC1O[C@@H](OC[C@H](NC(=O)C#CC#CC#CC#CC#CC#CC#CC#CC#CC#CC#CC#CC)[C@H](F)CCCCCC)C(C=C)[C@@H](C=C)[C@H]1C=C. The van der Waals surface area contributed by atoms with Gasteiger partial charge in [-0.2, -0.15) is 0 Å². The Bertz CT molecular complexity index is 2140. The van der Waals surface area contributed by atoms with Gasteiger partial charge in [-0.05, 0) is 120 Å². The second-order valence-corrected chi connectivity index (χ2v) is 10.9. The summed E-state index contributed by atoms with van der Waals surface area (Å²) >= 11 is 0. The zero-order valence-corrected chi connectivity index (χ0v) is 30.7. The van der Waals surface area contributed by atoms with E-state index in [1.807, 2.05) is 12.2 Å². The first kappa shape index (κ1) is 45.0. The highest BCUT2D eigenvalue weighted by Crippen LogP contribution is 2.39. The first-order valence-electron chi connectivity index (χ1n) is 17.1. The molecule has 0 radical (unpaired) electrons. The first-order chi connectivity index (χ1) is 26.5. The van der Waals surface area contributed by atoms with Gasteiger partial charge in [-0.3, -0.25) is 4.79 Å². The van der Waals surface area contributed by atoms with Gasteiger partial charge in [0.15, 0.2) is 6.29 Å². The molecule has 0 aliphatic carbocycles. The van der Waals surface area contributed by atoms with Crippen molar-refractivity contribution in [3.63, 3.8) is 0 Å². The Morgan fingerprint density at radius 3 is 1.57 bits per heavy atom. The lowest BCUT2D eigenvalue weighted by Gasteiger charge is -2.44. The van der Waals surface area contributed by atoms with Crippen LogP contribution in [0.4, 0.5) is 4.39 Å². The van der Waals surface area contributed by atoms with E-state index < -0.39 is 24.4 Å². The average Bonchev–Trinajstić information content (AvgIpc) is 3.17. The van der Waals surface area contributed by atoms with E-state index in [9.17, 15) is 4.79 Å². The predicted molar refractivity (Wildman–Crippen MR) is 215 cm³/mol. The summed E-state index contributed by atoms with van der Waals surface area (Å²) in [5.74, 6) is 59.0. The third kappa shape index (κ3) is 20.0. The minimum Gasteiger partial charge on any atom is -0.350 e. The molecule has 4 nitrogen and oxygen atoms in total. The fourth-order valence-electron chi connectivity index (χ4n) is 4.84. The average molecular weight is 710 g/mol. The van der Waals surface area contributed by atoms with Gasteiger partial charge in [0.1, 0.15) is 6.17 Å². The molecule has 0 spiro atoms. The van der Waals surface area contributed by atoms with Crippen LogP contribution in [0.15, 0.2) is 50.6 Å². The molecule has 1 aliphatic rings. The molecule has 1 rings (SSSR count). The Balaban J connectivity index is 2.83. The summed E-state index contributed by atoms with van der Waals surface area (Å²) in [5, 5.41) is 2.65. The molecule has 0 aromatic carbocycles. The molecule has 266 valence electrons. The third-order valence-electron chi connectivity index (χ3n) is 7.30. The van der Waals surface area contributed by atoms with E-state index >= 15 is 4.39 Å². The van der Waals surface area contributed by atoms with Crippen LogP contribution in [0.2, 0.25) is 0 Å². The van der Waals surface area contributed by atoms with Crippen molar-refractivity contribution in [1.82, 2.24) is 5.32 Å². The maximum absolute atomic E-state index is 15.5. The molecule has 5 heteroatoms. The van der Waals surface area contributed by atoms with Crippen LogP contribution in [0.25, 0.3) is 0 Å². The Kier molecular flexibility index (Phi) is 25.7. The molecule has 54 heavy (non-hydrogen) atoms. The van der Waals surface area contributed by atoms with E-state index in [1.165, 1.54) is 0 Å². The second-order valence-electron chi connectivity index (χ2n) is 10.9. The lowest BCUT2D eigenvalue weighted by Crippen LogP contribution is -2.50. The molecule has 1 saturated heterocycles. The molecular formula is C49H40FNO3. The smallest absolute Gasteiger partial charge is 0.297 e. The molecule has 0 aromatic rings. The van der Waals surface area contributed by atoms with Gasteiger partial charge in [0, 0.05) is 53.3 Å². The van der Waals surface area contributed by atoms with Gasteiger partial charge < -0.3 is 14.8 Å². The highest BCUT2D eigenvalue weighted by molar-refractivity contribution is 5.94. The quantitative estimate of drug-likeness (QED) is 0.138. The predicted octanol–water partition coefficient (Wildman–Crippen LogP) is 5.56. The van der Waals surface area contributed by atoms with Gasteiger partial charge in [-0.25, -0.2) is 4.39 Å². The van der Waals surface area contributed by atoms with Crippen molar-refractivity contribution >= 4 is 5.91 Å². The van der Waals surface area contributed by atoms with Crippen molar-refractivity contribution in [3.05, 3.63) is 50.6 Å². The Hall–Kier alpha value is -7.00. The molecule has 1 heterocycles. The topological polar surface area (TPSA) is 47.6 Å². The maximum Gasteiger partial charge on any atom is 0.297 e. The van der Waals surface area contributed by atoms with Crippen LogP contribution in [0, 0.1) is 160 Å². The fraction of sp³-hybridized carbons (Fsp3) is 0.327. The monoisotopic (exact) mass is 709 g/mol. The number of allylic oxidation sites excluding steroid dienone is 1. The third-order valence-corrected chi connectivity index (χ3v) is 7.30. The molecule has 7 atom stereocenters. The number of nitrogens with one attached hydrogen (secondary N) is 1. The summed E-state index contributed by atoms with van der Waals surface area (Å²) < 4.78 is 27.9. The number of halogens is 1. The van der Waals surface area contributed by atoms with Crippen LogP contribution in [-0.4, -0.2) is 37.1 Å². The van der Waals surface area contributed by atoms with Crippen molar-refractivity contribution in [3.8, 4) is 142 Å². The Morgan fingerprint density at radius 1 is 0.685 bits per heavy atom. The molecule has 0 saturated carbocycles. The standard InChI is InChI=1S/C49H40FNO3/c1-7-13-15-17-18-19-20-21-22-23-24-25-26-27-28-29-30-31-32-33-34-35-37-40-48(52)51-46(45(50)39-36-16-14-8-2)41-53-49-44(12-6)42(10-4)43(11-5)47(54-49)38-9-3/h9-12,42-47,49H,3-6,8,14,16,36,38-39,41H2,1-2H3,(H,51,52)/t42-,43+,44?,45+,46-,47?,49+/m0/s1. The van der Waals surface area contributed by atoms with E-state index in [0.717, 1.165) is 19.3 Å². The van der Waals surface area contributed by atoms with Gasteiger partial charge in [0.25, 0.3) is 5.91 Å². The van der Waals surface area contributed by atoms with Crippen molar-refractivity contribution in [2.24, 2.45) is 17.8 Å². The summed E-state index contributed by atoms with van der Waals surface area (Å²) in [5.41, 5.74) is 0. The second kappa shape index (κ2) is 30.8. The Morgan fingerprint density at radius 2 is 1.15 bits per heavy atom. The molecule has 1 fully saturated rings. The molecule has 1 aliphatic heterocycles. The van der Waals surface area contributed by atoms with Crippen LogP contribution >= 0.6 is 0 Å². The van der Waals surface area contributed by atoms with Gasteiger partial charge >= 0.3 is 0 Å². The van der Waals surface area contributed by atoms with Gasteiger partial charge in [-0.15, -0.1) is 26.3 Å². The van der Waals surface area contributed by atoms with Crippen LogP contribution < -0.4 is 5.32 Å². The Labute approximate surface area is 323 Å². The molecular weight excluding hydrogens is 670 g/mol. The zero-order chi connectivity index (χ0) is 39.5. The number of hydrogen-bond acceptors (Lipinski definition) is 3. The van der Waals surface area contributed by atoms with Crippen LogP contribution in [0.3, 0.4) is 0 Å². The molecule has 0 bridgehead atoms. The number of unbranched alkanes of at least 4 members (excludes halogenated alkanes) is 3. The van der Waals surface area contributed by atoms with E-state index in [0.29, 0.717) is 12.8 Å². The number of alkyl halides is 1. The number of amides is 1. The molecule has 1 N–H and O–H groups in total. The van der Waals surface area contributed by atoms with Crippen LogP contribution in [0.1, 0.15) is 52.4 Å². The molecule has 1 amide bonds. The fourth-order valence-corrected chi connectivity index (χ4v) is 4.84. The van der Waals surface area contributed by atoms with Gasteiger partial charge in [-0.1, -0.05) is 62.8 Å². The van der Waals surface area contributed by atoms with E-state index in [2.05, 4.69) is 181 Å². The van der Waals surface area contributed by atoms with Crippen LogP contribution in [0.5, 0.6) is 0 Å². The maximum atomic E-state index is 15.5. The summed E-state index contributed by atoms with van der Waals surface area (Å²) in [6, 6.07) is -0.961. The highest BCUT2D eigenvalue weighted by atomic mass is 19.1. The van der Waals surface area contributed by atoms with Crippen LogP contribution in [-0.2, 0) is 14.3 Å². The van der Waals surface area contributed by atoms with E-state index in [1.54, 1.807) is 19.1 Å². The normalized spacial score (nSPS) is 17.4. The largest absolute Gasteiger partial charge is 0.350 e. The molecule has 0 aromatic heterocycles. The number of rotatable bonds is 15. The van der Waals surface area contributed by atoms with Gasteiger partial charge in [0.05, 0.1) is 18.8 Å². The van der Waals surface area contributed by atoms with Crippen molar-refractivity contribution in [2.75, 3.05) is 6.61 Å². The summed E-state index contributed by atoms with van der Waals surface area (Å²) in [7, 11) is 0. The summed E-state index contributed by atoms with van der Waals surface area (Å²) in [4.78, 5) is 12.7. The van der Waals surface area contributed by atoms with E-state index in [-0.39, 0.29) is 36.9 Å². The zero-order valence-electron chi connectivity index (χ0n) is 30.7. The summed E-state index contributed by atoms with van der Waals surface area (Å²) in [6.45, 7) is 19.4. The minimum absolute atomic E-state index is 0.0244. The lowest BCUT2D eigenvalue weighted by atomic mass is 9.75. The van der Waals surface area contributed by atoms with Crippen molar-refractivity contribution in [2.45, 2.75) is 77.0 Å². The number of carbonyl (C=O) groups excluding carboxylic acids is 1. The molecule has 2 unspecified atom stereocenters. The summed E-state index contributed by atoms with van der Waals surface area (Å²) in [6.07, 6.45) is 9.32. The van der Waals surface area contributed by atoms with Gasteiger partial charge in [0.2, 0.25) is 0 Å². The first-order valence-corrected chi connectivity index (χ1v) is 17.1. The number of carbonyl (C=O) groups is 1. The number of hydrogen-bond donors (Lipinski definition) is 1. The lowest BCUT2D eigenvalue weighted by molar-refractivity contribution is -0.236. The van der Waals surface area contributed by atoms with Crippen molar-refractivity contribution in [1.29, 1.82) is 0 Å².